The number of thiocarbonyl (C=S) groups is 1. The maximum atomic E-state index is 5.58. The lowest BCUT2D eigenvalue weighted by Gasteiger charge is -2.32. The molecule has 0 unspecified atom stereocenters. The van der Waals surface area contributed by atoms with Crippen molar-refractivity contribution in [3.05, 3.63) is 6.07 Å². The summed E-state index contributed by atoms with van der Waals surface area (Å²) < 4.78 is 0. The average molecular weight is 403 g/mol. The summed E-state index contributed by atoms with van der Waals surface area (Å²) in [6.45, 7) is 6.64. The normalized spacial score (nSPS) is 23.7. The number of anilines is 3. The fraction of sp³-hybridized carbons (Fsp3) is 0.762. The highest BCUT2D eigenvalue weighted by atomic mass is 32.1. The molecule has 0 spiro atoms. The number of nitrogens with one attached hydrogen (secondary N) is 2. The summed E-state index contributed by atoms with van der Waals surface area (Å²) in [4.78, 5) is 14.4. The minimum absolute atomic E-state index is 0.484. The van der Waals surface area contributed by atoms with Crippen LogP contribution in [-0.4, -0.2) is 47.3 Å². The summed E-state index contributed by atoms with van der Waals surface area (Å²) in [5, 5.41) is 7.42. The lowest BCUT2D eigenvalue weighted by atomic mass is 9.96. The number of rotatable bonds is 4. The second-order valence-corrected chi connectivity index (χ2v) is 9.14. The van der Waals surface area contributed by atoms with Crippen LogP contribution in [0.3, 0.4) is 0 Å². The molecule has 1 aliphatic carbocycles. The van der Waals surface area contributed by atoms with Crippen LogP contribution >= 0.6 is 12.2 Å². The fourth-order valence-electron chi connectivity index (χ4n) is 4.72. The highest BCUT2D eigenvalue weighted by Crippen LogP contribution is 2.27. The van der Waals surface area contributed by atoms with Gasteiger partial charge in [-0.25, -0.2) is 0 Å². The highest BCUT2D eigenvalue weighted by molar-refractivity contribution is 7.80. The Bertz CT molecular complexity index is 669. The molecule has 0 amide bonds. The molecule has 2 N–H and O–H groups in total. The third-order valence-corrected chi connectivity index (χ3v) is 6.50. The molecule has 2 saturated heterocycles. The molecule has 3 heterocycles. The molecule has 1 atom stereocenters. The van der Waals surface area contributed by atoms with Crippen LogP contribution in [0.5, 0.6) is 0 Å². The molecule has 1 saturated carbocycles. The van der Waals surface area contributed by atoms with E-state index in [0.717, 1.165) is 37.8 Å². The van der Waals surface area contributed by atoms with Gasteiger partial charge in [-0.3, -0.25) is 0 Å². The number of nitrogens with zero attached hydrogens (tertiary/aromatic N) is 4. The molecule has 3 fully saturated rings. The van der Waals surface area contributed by atoms with E-state index in [0.29, 0.717) is 23.0 Å². The zero-order chi connectivity index (χ0) is 19.3. The van der Waals surface area contributed by atoms with Crippen molar-refractivity contribution in [2.45, 2.75) is 70.8 Å². The maximum Gasteiger partial charge on any atom is 0.232 e. The quantitative estimate of drug-likeness (QED) is 0.740. The molecular formula is C21H34N6S. The van der Waals surface area contributed by atoms with Gasteiger partial charge in [-0.2, -0.15) is 9.97 Å². The Hall–Kier alpha value is -1.63. The van der Waals surface area contributed by atoms with E-state index in [-0.39, 0.29) is 0 Å². The van der Waals surface area contributed by atoms with Gasteiger partial charge in [0.05, 0.1) is 0 Å². The van der Waals surface area contributed by atoms with Gasteiger partial charge in [-0.1, -0.05) is 26.2 Å². The smallest absolute Gasteiger partial charge is 0.232 e. The Labute approximate surface area is 174 Å². The Morgan fingerprint density at radius 3 is 2.32 bits per heavy atom. The van der Waals surface area contributed by atoms with E-state index in [1.807, 2.05) is 0 Å². The van der Waals surface area contributed by atoms with E-state index in [4.69, 9.17) is 22.2 Å². The van der Waals surface area contributed by atoms with Gasteiger partial charge in [0.1, 0.15) is 11.6 Å². The molecule has 2 aliphatic heterocycles. The third kappa shape index (κ3) is 5.04. The van der Waals surface area contributed by atoms with Crippen molar-refractivity contribution in [3.63, 3.8) is 0 Å². The molecule has 1 aromatic rings. The first kappa shape index (κ1) is 19.7. The van der Waals surface area contributed by atoms with Crippen LogP contribution < -0.4 is 20.4 Å². The van der Waals surface area contributed by atoms with Crippen molar-refractivity contribution in [2.75, 3.05) is 41.3 Å². The molecule has 28 heavy (non-hydrogen) atoms. The molecule has 0 aromatic carbocycles. The van der Waals surface area contributed by atoms with Crippen LogP contribution in [0, 0.1) is 5.92 Å². The fourth-order valence-corrected chi connectivity index (χ4v) is 4.97. The van der Waals surface area contributed by atoms with Crippen LogP contribution in [0.4, 0.5) is 17.6 Å². The molecule has 0 radical (unpaired) electrons. The predicted molar refractivity (Wildman–Crippen MR) is 120 cm³/mol. The lowest BCUT2D eigenvalue weighted by Crippen LogP contribution is -2.39. The Kier molecular flexibility index (Phi) is 6.50. The second kappa shape index (κ2) is 9.25. The Morgan fingerprint density at radius 1 is 0.929 bits per heavy atom. The zero-order valence-electron chi connectivity index (χ0n) is 17.1. The third-order valence-electron chi connectivity index (χ3n) is 6.28. The van der Waals surface area contributed by atoms with Crippen LogP contribution in [-0.2, 0) is 0 Å². The number of piperidine rings is 1. The number of hydrogen-bond donors (Lipinski definition) is 2. The number of hydrogen-bond acceptors (Lipinski definition) is 5. The van der Waals surface area contributed by atoms with Crippen molar-refractivity contribution in [1.82, 2.24) is 15.3 Å². The summed E-state index contributed by atoms with van der Waals surface area (Å²) in [7, 11) is 0. The summed E-state index contributed by atoms with van der Waals surface area (Å²) in [6.07, 6.45) is 11.3. The van der Waals surface area contributed by atoms with E-state index in [9.17, 15) is 0 Å². The van der Waals surface area contributed by atoms with E-state index in [2.05, 4.69) is 33.4 Å². The standard InChI is InChI=1S/C21H34N6S/c1-16-8-7-13-27(15-16)19-14-18(26-11-5-6-12-26)23-20(24-19)25-21(28)22-17-9-3-2-4-10-17/h14,16-17H,2-13,15H2,1H3,(H2,22,23,24,25,28)/t16-/m1/s1. The largest absolute Gasteiger partial charge is 0.360 e. The first-order valence-electron chi connectivity index (χ1n) is 11.1. The topological polar surface area (TPSA) is 56.3 Å². The van der Waals surface area contributed by atoms with Crippen molar-refractivity contribution >= 4 is 34.9 Å². The maximum absolute atomic E-state index is 5.58. The van der Waals surface area contributed by atoms with Crippen molar-refractivity contribution in [2.24, 2.45) is 5.92 Å². The van der Waals surface area contributed by atoms with Gasteiger partial charge in [0.2, 0.25) is 5.95 Å². The molecule has 7 heteroatoms. The average Bonchev–Trinajstić information content (AvgIpc) is 3.23. The van der Waals surface area contributed by atoms with E-state index in [1.165, 1.54) is 57.8 Å². The van der Waals surface area contributed by atoms with Crippen LogP contribution in [0.2, 0.25) is 0 Å². The number of aromatic nitrogens is 2. The molecule has 1 aromatic heterocycles. The molecule has 0 bridgehead atoms. The molecule has 3 aliphatic rings. The summed E-state index contributed by atoms with van der Waals surface area (Å²) in [5.74, 6) is 3.41. The van der Waals surface area contributed by atoms with Gasteiger partial charge < -0.3 is 20.4 Å². The van der Waals surface area contributed by atoms with Gasteiger partial charge in [0.25, 0.3) is 0 Å². The Balaban J connectivity index is 1.50. The SMILES string of the molecule is C[C@@H]1CCCN(c2cc(N3CCCC3)nc(NC(=S)NC3CCCCC3)n2)C1. The van der Waals surface area contributed by atoms with Crippen LogP contribution in [0.1, 0.15) is 64.7 Å². The molecule has 154 valence electrons. The van der Waals surface area contributed by atoms with Gasteiger partial charge in [0, 0.05) is 38.3 Å². The van der Waals surface area contributed by atoms with Gasteiger partial charge in [-0.05, 0) is 56.7 Å². The predicted octanol–water partition coefficient (Wildman–Crippen LogP) is 3.93. The minimum atomic E-state index is 0.484. The zero-order valence-corrected chi connectivity index (χ0v) is 17.9. The first-order chi connectivity index (χ1) is 13.7. The minimum Gasteiger partial charge on any atom is -0.360 e. The summed E-state index contributed by atoms with van der Waals surface area (Å²) in [6, 6.07) is 2.66. The van der Waals surface area contributed by atoms with Crippen molar-refractivity contribution in [1.29, 1.82) is 0 Å². The van der Waals surface area contributed by atoms with Gasteiger partial charge in [0.15, 0.2) is 5.11 Å². The lowest BCUT2D eigenvalue weighted by molar-refractivity contribution is 0.414. The summed E-state index contributed by atoms with van der Waals surface area (Å²) in [5.41, 5.74) is 0. The van der Waals surface area contributed by atoms with E-state index >= 15 is 0 Å². The first-order valence-corrected chi connectivity index (χ1v) is 11.5. The molecule has 6 nitrogen and oxygen atoms in total. The van der Waals surface area contributed by atoms with Gasteiger partial charge >= 0.3 is 0 Å². The molecular weight excluding hydrogens is 368 g/mol. The Morgan fingerprint density at radius 2 is 1.61 bits per heavy atom. The van der Waals surface area contributed by atoms with Crippen LogP contribution in [0.25, 0.3) is 0 Å². The van der Waals surface area contributed by atoms with E-state index < -0.39 is 0 Å². The monoisotopic (exact) mass is 402 g/mol. The van der Waals surface area contributed by atoms with Crippen molar-refractivity contribution in [3.8, 4) is 0 Å². The highest BCUT2D eigenvalue weighted by Gasteiger charge is 2.22. The second-order valence-electron chi connectivity index (χ2n) is 8.73. The summed E-state index contributed by atoms with van der Waals surface area (Å²) >= 11 is 5.58. The van der Waals surface area contributed by atoms with Crippen molar-refractivity contribution < 1.29 is 0 Å². The van der Waals surface area contributed by atoms with Crippen LogP contribution in [0.15, 0.2) is 6.07 Å². The van der Waals surface area contributed by atoms with E-state index in [1.54, 1.807) is 0 Å². The molecule has 4 rings (SSSR count). The van der Waals surface area contributed by atoms with Gasteiger partial charge in [-0.15, -0.1) is 0 Å².